The van der Waals surface area contributed by atoms with E-state index in [2.05, 4.69) is 4.98 Å². The summed E-state index contributed by atoms with van der Waals surface area (Å²) in [4.78, 5) is 31.4. The number of piperidine rings is 1. The Labute approximate surface area is 134 Å². The molecule has 4 rings (SSSR count). The number of carbonyl (C=O) groups excluding carboxylic acids is 1. The van der Waals surface area contributed by atoms with E-state index in [1.807, 2.05) is 6.07 Å². The van der Waals surface area contributed by atoms with Gasteiger partial charge >= 0.3 is 6.09 Å². The minimum absolute atomic E-state index is 0.0588. The molecule has 0 aliphatic carbocycles. The Balaban J connectivity index is 1.57. The van der Waals surface area contributed by atoms with Gasteiger partial charge in [-0.05, 0) is 37.8 Å². The van der Waals surface area contributed by atoms with Gasteiger partial charge in [0.2, 0.25) is 5.91 Å². The molecule has 3 N–H and O–H groups in total. The molecule has 23 heavy (non-hydrogen) atoms. The van der Waals surface area contributed by atoms with Crippen molar-refractivity contribution in [2.24, 2.45) is 5.41 Å². The zero-order chi connectivity index (χ0) is 16.2. The Bertz CT molecular complexity index is 646. The van der Waals surface area contributed by atoms with Crippen molar-refractivity contribution in [2.75, 3.05) is 17.2 Å². The van der Waals surface area contributed by atoms with Crippen LogP contribution in [-0.4, -0.2) is 45.6 Å². The summed E-state index contributed by atoms with van der Waals surface area (Å²) < 4.78 is 0. The fourth-order valence-electron chi connectivity index (χ4n) is 4.72. The molecule has 2 amide bonds. The molecule has 1 aromatic rings. The van der Waals surface area contributed by atoms with Crippen molar-refractivity contribution in [3.63, 3.8) is 0 Å². The summed E-state index contributed by atoms with van der Waals surface area (Å²) in [6.45, 7) is 0.651. The fraction of sp³-hybridized carbons (Fsp3) is 0.562. The first-order valence-electron chi connectivity index (χ1n) is 8.01. The second-order valence-electron chi connectivity index (χ2n) is 7.08. The number of anilines is 2. The first-order valence-corrected chi connectivity index (χ1v) is 8.01. The highest BCUT2D eigenvalue weighted by molar-refractivity contribution is 5.96. The standard InChI is InChI=1S/C16H20N4O3/c17-13-4-3-12(8-18-13)19-9-16(7-14(19)21)5-10-1-2-11(6-16)20(10)15(22)23/h3-4,8,10-11H,1-2,5-7,9H2,(H2,17,18)(H,22,23). The molecule has 4 heterocycles. The molecular weight excluding hydrogens is 296 g/mol. The summed E-state index contributed by atoms with van der Waals surface area (Å²) in [7, 11) is 0. The number of hydrogen-bond donors (Lipinski definition) is 2. The molecular formula is C16H20N4O3. The van der Waals surface area contributed by atoms with Gasteiger partial charge in [0.1, 0.15) is 5.82 Å². The predicted molar refractivity (Wildman–Crippen MR) is 84.0 cm³/mol. The summed E-state index contributed by atoms with van der Waals surface area (Å²) in [6, 6.07) is 3.64. The summed E-state index contributed by atoms with van der Waals surface area (Å²) in [5.41, 5.74) is 6.28. The highest BCUT2D eigenvalue weighted by Gasteiger charge is 2.54. The third kappa shape index (κ3) is 2.22. The van der Waals surface area contributed by atoms with Crippen LogP contribution in [0.4, 0.5) is 16.3 Å². The largest absolute Gasteiger partial charge is 0.465 e. The van der Waals surface area contributed by atoms with Crippen LogP contribution in [0, 0.1) is 5.41 Å². The summed E-state index contributed by atoms with van der Waals surface area (Å²) in [5.74, 6) is 0.530. The van der Waals surface area contributed by atoms with Gasteiger partial charge in [-0.3, -0.25) is 4.79 Å². The average Bonchev–Trinajstić information content (AvgIpc) is 2.96. The third-order valence-corrected chi connectivity index (χ3v) is 5.58. The Morgan fingerprint density at radius 2 is 2.00 bits per heavy atom. The van der Waals surface area contributed by atoms with E-state index in [9.17, 15) is 14.7 Å². The lowest BCUT2D eigenvalue weighted by Gasteiger charge is -2.43. The Hall–Kier alpha value is -2.31. The number of hydrogen-bond acceptors (Lipinski definition) is 4. The van der Waals surface area contributed by atoms with Gasteiger partial charge < -0.3 is 20.6 Å². The molecule has 2 unspecified atom stereocenters. The number of nitrogens with zero attached hydrogens (tertiary/aromatic N) is 3. The molecule has 1 aromatic heterocycles. The van der Waals surface area contributed by atoms with Gasteiger partial charge in [0.15, 0.2) is 0 Å². The third-order valence-electron chi connectivity index (χ3n) is 5.58. The number of fused-ring (bicyclic) bond motifs is 2. The normalized spacial score (nSPS) is 32.8. The minimum Gasteiger partial charge on any atom is -0.465 e. The molecule has 122 valence electrons. The molecule has 0 radical (unpaired) electrons. The van der Waals surface area contributed by atoms with Crippen LogP contribution >= 0.6 is 0 Å². The van der Waals surface area contributed by atoms with Crippen molar-refractivity contribution in [1.29, 1.82) is 0 Å². The van der Waals surface area contributed by atoms with Crippen LogP contribution in [0.5, 0.6) is 0 Å². The SMILES string of the molecule is Nc1ccc(N2CC3(CC2=O)CC2CCC(C3)N2C(=O)O)cn1. The predicted octanol–water partition coefficient (Wildman–Crippen LogP) is 1.69. The monoisotopic (exact) mass is 316 g/mol. The maximum Gasteiger partial charge on any atom is 0.407 e. The highest BCUT2D eigenvalue weighted by atomic mass is 16.4. The number of rotatable bonds is 1. The van der Waals surface area contributed by atoms with E-state index in [-0.39, 0.29) is 23.4 Å². The maximum atomic E-state index is 12.5. The average molecular weight is 316 g/mol. The van der Waals surface area contributed by atoms with Crippen LogP contribution in [0.15, 0.2) is 18.3 Å². The molecule has 3 saturated heterocycles. The molecule has 7 heteroatoms. The zero-order valence-corrected chi connectivity index (χ0v) is 12.8. The quantitative estimate of drug-likeness (QED) is 0.821. The maximum absolute atomic E-state index is 12.5. The summed E-state index contributed by atoms with van der Waals surface area (Å²) >= 11 is 0. The van der Waals surface area contributed by atoms with Gasteiger partial charge in [0.25, 0.3) is 0 Å². The van der Waals surface area contributed by atoms with E-state index >= 15 is 0 Å². The lowest BCUT2D eigenvalue weighted by atomic mass is 9.74. The number of carbonyl (C=O) groups is 2. The van der Waals surface area contributed by atoms with Crippen LogP contribution in [0.25, 0.3) is 0 Å². The number of nitrogen functional groups attached to an aromatic ring is 1. The van der Waals surface area contributed by atoms with Gasteiger partial charge in [0, 0.05) is 30.5 Å². The number of carboxylic acid groups (broad SMARTS) is 1. The van der Waals surface area contributed by atoms with E-state index < -0.39 is 6.09 Å². The van der Waals surface area contributed by atoms with Crippen LogP contribution in [0.3, 0.4) is 0 Å². The second kappa shape index (κ2) is 4.84. The first kappa shape index (κ1) is 14.3. The van der Waals surface area contributed by atoms with E-state index in [1.54, 1.807) is 22.1 Å². The zero-order valence-electron chi connectivity index (χ0n) is 12.8. The Morgan fingerprint density at radius 3 is 2.57 bits per heavy atom. The number of amides is 2. The molecule has 0 saturated carbocycles. The number of nitrogens with two attached hydrogens (primary N) is 1. The van der Waals surface area contributed by atoms with E-state index in [1.165, 1.54) is 0 Å². The van der Waals surface area contributed by atoms with E-state index in [0.29, 0.717) is 18.8 Å². The smallest absolute Gasteiger partial charge is 0.407 e. The second-order valence-corrected chi connectivity index (χ2v) is 7.08. The summed E-state index contributed by atoms with van der Waals surface area (Å²) in [5, 5.41) is 9.39. The topological polar surface area (TPSA) is 99.8 Å². The highest BCUT2D eigenvalue weighted by Crippen LogP contribution is 2.51. The van der Waals surface area contributed by atoms with Gasteiger partial charge in [-0.1, -0.05) is 0 Å². The lowest BCUT2D eigenvalue weighted by molar-refractivity contribution is -0.118. The van der Waals surface area contributed by atoms with Crippen molar-refractivity contribution in [1.82, 2.24) is 9.88 Å². The lowest BCUT2D eigenvalue weighted by Crippen LogP contribution is -2.50. The Morgan fingerprint density at radius 1 is 1.30 bits per heavy atom. The van der Waals surface area contributed by atoms with E-state index in [0.717, 1.165) is 31.4 Å². The molecule has 3 aliphatic rings. The molecule has 3 fully saturated rings. The van der Waals surface area contributed by atoms with E-state index in [4.69, 9.17) is 5.73 Å². The van der Waals surface area contributed by atoms with Gasteiger partial charge in [-0.15, -0.1) is 0 Å². The molecule has 2 bridgehead atoms. The van der Waals surface area contributed by atoms with Gasteiger partial charge in [-0.25, -0.2) is 9.78 Å². The van der Waals surface area contributed by atoms with Crippen molar-refractivity contribution in [3.05, 3.63) is 18.3 Å². The van der Waals surface area contributed by atoms with Crippen molar-refractivity contribution >= 4 is 23.5 Å². The molecule has 3 aliphatic heterocycles. The fourth-order valence-corrected chi connectivity index (χ4v) is 4.72. The summed E-state index contributed by atoms with van der Waals surface area (Å²) in [6.07, 6.45) is 4.69. The minimum atomic E-state index is -0.823. The van der Waals surface area contributed by atoms with Crippen LogP contribution in [-0.2, 0) is 4.79 Å². The van der Waals surface area contributed by atoms with Gasteiger partial charge in [-0.2, -0.15) is 0 Å². The van der Waals surface area contributed by atoms with Crippen LogP contribution in [0.2, 0.25) is 0 Å². The molecule has 1 spiro atoms. The molecule has 2 atom stereocenters. The van der Waals surface area contributed by atoms with Gasteiger partial charge in [0.05, 0.1) is 11.9 Å². The Kier molecular flexibility index (Phi) is 3.01. The number of pyridine rings is 1. The molecule has 0 aromatic carbocycles. The number of aromatic nitrogens is 1. The van der Waals surface area contributed by atoms with Crippen LogP contribution in [0.1, 0.15) is 32.1 Å². The molecule has 7 nitrogen and oxygen atoms in total. The van der Waals surface area contributed by atoms with Crippen LogP contribution < -0.4 is 10.6 Å². The van der Waals surface area contributed by atoms with Crippen molar-refractivity contribution < 1.29 is 14.7 Å². The van der Waals surface area contributed by atoms with Crippen molar-refractivity contribution in [3.8, 4) is 0 Å². The first-order chi connectivity index (χ1) is 11.0. The van der Waals surface area contributed by atoms with Crippen molar-refractivity contribution in [2.45, 2.75) is 44.2 Å².